The van der Waals surface area contributed by atoms with Gasteiger partial charge in [-0.2, -0.15) is 0 Å². The number of rotatable bonds is 4. The number of carbonyl (C=O) groups is 2. The third kappa shape index (κ3) is 3.61. The number of hydrogen-bond donors (Lipinski definition) is 1. The van der Waals surface area contributed by atoms with Crippen LogP contribution < -0.4 is 15.0 Å². The van der Waals surface area contributed by atoms with Crippen molar-refractivity contribution >= 4 is 23.2 Å². The minimum Gasteiger partial charge on any atom is -0.497 e. The second kappa shape index (κ2) is 8.05. The van der Waals surface area contributed by atoms with E-state index in [0.717, 1.165) is 49.2 Å². The van der Waals surface area contributed by atoms with E-state index in [1.54, 1.807) is 7.11 Å². The average Bonchev–Trinajstić information content (AvgIpc) is 3.18. The van der Waals surface area contributed by atoms with Gasteiger partial charge in [0.2, 0.25) is 11.8 Å². The summed E-state index contributed by atoms with van der Waals surface area (Å²) in [6.45, 7) is 0.710. The Balaban J connectivity index is 1.49. The Morgan fingerprint density at radius 1 is 1.00 bits per heavy atom. The normalized spacial score (nSPS) is 21.1. The van der Waals surface area contributed by atoms with Crippen LogP contribution in [0.5, 0.6) is 5.75 Å². The maximum Gasteiger partial charge on any atom is 0.230 e. The quantitative estimate of drug-likeness (QED) is 0.874. The highest BCUT2D eigenvalue weighted by molar-refractivity contribution is 6.02. The third-order valence-corrected chi connectivity index (χ3v) is 5.93. The Morgan fingerprint density at radius 2 is 1.71 bits per heavy atom. The van der Waals surface area contributed by atoms with Crippen molar-refractivity contribution in [1.29, 1.82) is 0 Å². The van der Waals surface area contributed by atoms with Crippen LogP contribution in [0.3, 0.4) is 0 Å². The van der Waals surface area contributed by atoms with Crippen LogP contribution >= 0.6 is 0 Å². The summed E-state index contributed by atoms with van der Waals surface area (Å²) < 4.78 is 5.16. The fourth-order valence-electron chi connectivity index (χ4n) is 4.42. The van der Waals surface area contributed by atoms with Crippen molar-refractivity contribution in [3.8, 4) is 5.75 Å². The molecule has 1 N–H and O–H groups in total. The van der Waals surface area contributed by atoms with Crippen molar-refractivity contribution in [3.63, 3.8) is 0 Å². The lowest BCUT2D eigenvalue weighted by Gasteiger charge is -2.32. The predicted molar refractivity (Wildman–Crippen MR) is 110 cm³/mol. The van der Waals surface area contributed by atoms with Crippen LogP contribution in [0.15, 0.2) is 48.5 Å². The Kier molecular flexibility index (Phi) is 5.33. The lowest BCUT2D eigenvalue weighted by atomic mass is 9.77. The molecule has 28 heavy (non-hydrogen) atoms. The fraction of sp³-hybridized carbons (Fsp3) is 0.391. The van der Waals surface area contributed by atoms with Gasteiger partial charge in [0, 0.05) is 23.8 Å². The zero-order valence-corrected chi connectivity index (χ0v) is 16.2. The van der Waals surface area contributed by atoms with E-state index in [0.29, 0.717) is 6.54 Å². The highest BCUT2D eigenvalue weighted by Crippen LogP contribution is 2.36. The number of hydrogen-bond acceptors (Lipinski definition) is 3. The standard InChI is InChI=1S/C23H26N2O3/c1-28-18-12-10-17(11-13-18)24-22(26)19-7-3-4-8-20(19)23(27)25-15-14-16-6-2-5-9-21(16)25/h2,5-6,9-13,19-20H,3-4,7-8,14-15H2,1H3,(H,24,26). The number of methoxy groups -OCH3 is 1. The lowest BCUT2D eigenvalue weighted by Crippen LogP contribution is -2.43. The summed E-state index contributed by atoms with van der Waals surface area (Å²) in [6.07, 6.45) is 4.41. The van der Waals surface area contributed by atoms with E-state index in [9.17, 15) is 9.59 Å². The molecule has 0 radical (unpaired) electrons. The number of benzene rings is 2. The monoisotopic (exact) mass is 378 g/mol. The number of anilines is 2. The second-order valence-corrected chi connectivity index (χ2v) is 7.58. The van der Waals surface area contributed by atoms with Gasteiger partial charge in [0.05, 0.1) is 13.0 Å². The average molecular weight is 378 g/mol. The van der Waals surface area contributed by atoms with Gasteiger partial charge in [0.1, 0.15) is 5.75 Å². The van der Waals surface area contributed by atoms with Gasteiger partial charge < -0.3 is 15.0 Å². The van der Waals surface area contributed by atoms with Crippen molar-refractivity contribution in [1.82, 2.24) is 0 Å². The molecule has 4 rings (SSSR count). The first-order valence-electron chi connectivity index (χ1n) is 10.0. The highest BCUT2D eigenvalue weighted by Gasteiger charge is 2.39. The van der Waals surface area contributed by atoms with E-state index in [1.165, 1.54) is 5.56 Å². The van der Waals surface area contributed by atoms with E-state index in [-0.39, 0.29) is 23.7 Å². The minimum absolute atomic E-state index is 0.0595. The van der Waals surface area contributed by atoms with Crippen LogP contribution in [0, 0.1) is 11.8 Å². The largest absolute Gasteiger partial charge is 0.497 e. The molecule has 1 aliphatic carbocycles. The molecule has 2 aromatic carbocycles. The zero-order chi connectivity index (χ0) is 19.5. The Hall–Kier alpha value is -2.82. The van der Waals surface area contributed by atoms with E-state index < -0.39 is 0 Å². The van der Waals surface area contributed by atoms with Crippen LogP contribution in [-0.2, 0) is 16.0 Å². The number of fused-ring (bicyclic) bond motifs is 1. The first kappa shape index (κ1) is 18.5. The second-order valence-electron chi connectivity index (χ2n) is 7.58. The van der Waals surface area contributed by atoms with Gasteiger partial charge in [-0.3, -0.25) is 9.59 Å². The number of nitrogens with one attached hydrogen (secondary N) is 1. The molecule has 1 saturated carbocycles. The summed E-state index contributed by atoms with van der Waals surface area (Å²) in [5, 5.41) is 2.99. The van der Waals surface area contributed by atoms with Crippen molar-refractivity contribution in [2.24, 2.45) is 11.8 Å². The van der Waals surface area contributed by atoms with Gasteiger partial charge in [-0.05, 0) is 55.2 Å². The van der Waals surface area contributed by atoms with E-state index in [4.69, 9.17) is 4.74 Å². The summed E-state index contributed by atoms with van der Waals surface area (Å²) in [7, 11) is 1.61. The number of amides is 2. The predicted octanol–water partition coefficient (Wildman–Crippen LogP) is 4.03. The molecule has 2 amide bonds. The molecule has 1 aliphatic heterocycles. The number of ether oxygens (including phenoxy) is 1. The summed E-state index contributed by atoms with van der Waals surface area (Å²) in [6, 6.07) is 15.4. The molecular formula is C23H26N2O3. The molecule has 0 spiro atoms. The molecular weight excluding hydrogens is 352 g/mol. The van der Waals surface area contributed by atoms with Gasteiger partial charge in [-0.15, -0.1) is 0 Å². The van der Waals surface area contributed by atoms with Gasteiger partial charge in [0.15, 0.2) is 0 Å². The molecule has 146 valence electrons. The molecule has 5 nitrogen and oxygen atoms in total. The van der Waals surface area contributed by atoms with Crippen molar-refractivity contribution in [3.05, 3.63) is 54.1 Å². The van der Waals surface area contributed by atoms with Gasteiger partial charge in [0.25, 0.3) is 0 Å². The van der Waals surface area contributed by atoms with Crippen molar-refractivity contribution in [2.75, 3.05) is 23.9 Å². The van der Waals surface area contributed by atoms with E-state index in [2.05, 4.69) is 11.4 Å². The first-order valence-corrected chi connectivity index (χ1v) is 10.0. The number of carbonyl (C=O) groups excluding carboxylic acids is 2. The molecule has 0 aromatic heterocycles. The fourth-order valence-corrected chi connectivity index (χ4v) is 4.42. The smallest absolute Gasteiger partial charge is 0.230 e. The molecule has 2 aromatic rings. The summed E-state index contributed by atoms with van der Waals surface area (Å²) in [4.78, 5) is 28.2. The molecule has 2 aliphatic rings. The van der Waals surface area contributed by atoms with Gasteiger partial charge in [-0.1, -0.05) is 31.0 Å². The Labute approximate surface area is 165 Å². The maximum absolute atomic E-state index is 13.3. The van der Waals surface area contributed by atoms with Gasteiger partial charge >= 0.3 is 0 Å². The van der Waals surface area contributed by atoms with Crippen LogP contribution in [0.1, 0.15) is 31.2 Å². The maximum atomic E-state index is 13.3. The van der Waals surface area contributed by atoms with Crippen LogP contribution in [0.2, 0.25) is 0 Å². The van der Waals surface area contributed by atoms with E-state index in [1.807, 2.05) is 47.4 Å². The molecule has 0 bridgehead atoms. The third-order valence-electron chi connectivity index (χ3n) is 5.93. The van der Waals surface area contributed by atoms with Crippen molar-refractivity contribution < 1.29 is 14.3 Å². The molecule has 1 heterocycles. The topological polar surface area (TPSA) is 58.6 Å². The highest BCUT2D eigenvalue weighted by atomic mass is 16.5. The van der Waals surface area contributed by atoms with Crippen LogP contribution in [-0.4, -0.2) is 25.5 Å². The Bertz CT molecular complexity index is 862. The summed E-state index contributed by atoms with van der Waals surface area (Å²) in [5.74, 6) is 0.251. The molecule has 5 heteroatoms. The summed E-state index contributed by atoms with van der Waals surface area (Å²) >= 11 is 0. The SMILES string of the molecule is COc1ccc(NC(=O)C2CCCCC2C(=O)N2CCc3ccccc32)cc1. The van der Waals surface area contributed by atoms with E-state index >= 15 is 0 Å². The van der Waals surface area contributed by atoms with Crippen LogP contribution in [0.4, 0.5) is 11.4 Å². The van der Waals surface area contributed by atoms with Crippen LogP contribution in [0.25, 0.3) is 0 Å². The van der Waals surface area contributed by atoms with Gasteiger partial charge in [-0.25, -0.2) is 0 Å². The van der Waals surface area contributed by atoms with Crippen molar-refractivity contribution in [2.45, 2.75) is 32.1 Å². The molecule has 1 fully saturated rings. The number of nitrogens with zero attached hydrogens (tertiary/aromatic N) is 1. The Morgan fingerprint density at radius 3 is 2.46 bits per heavy atom. The number of para-hydroxylation sites is 1. The zero-order valence-electron chi connectivity index (χ0n) is 16.2. The summed E-state index contributed by atoms with van der Waals surface area (Å²) in [5.41, 5.74) is 2.95. The lowest BCUT2D eigenvalue weighted by molar-refractivity contribution is -0.132. The first-order chi connectivity index (χ1) is 13.7. The molecule has 0 saturated heterocycles. The molecule has 2 atom stereocenters. The molecule has 2 unspecified atom stereocenters. The minimum atomic E-state index is -0.281.